The van der Waals surface area contributed by atoms with Crippen molar-refractivity contribution < 1.29 is 4.79 Å². The normalized spacial score (nSPS) is 20.2. The second-order valence-electron chi connectivity index (χ2n) is 7.92. The highest BCUT2D eigenvalue weighted by Gasteiger charge is 2.29. The maximum absolute atomic E-state index is 13.0. The number of rotatable bonds is 5. The van der Waals surface area contributed by atoms with Crippen LogP contribution in [-0.4, -0.2) is 47.5 Å². The van der Waals surface area contributed by atoms with Gasteiger partial charge in [-0.3, -0.25) is 4.79 Å². The van der Waals surface area contributed by atoms with Crippen molar-refractivity contribution in [1.82, 2.24) is 14.5 Å². The van der Waals surface area contributed by atoms with E-state index in [9.17, 15) is 4.79 Å². The van der Waals surface area contributed by atoms with Gasteiger partial charge in [0.2, 0.25) is 0 Å². The van der Waals surface area contributed by atoms with Crippen molar-refractivity contribution in [1.29, 1.82) is 0 Å². The van der Waals surface area contributed by atoms with Gasteiger partial charge in [-0.15, -0.1) is 0 Å². The number of benzene rings is 1. The molecule has 2 fully saturated rings. The number of likely N-dealkylation sites (tertiary alicyclic amines) is 1. The Morgan fingerprint density at radius 3 is 2.88 bits per heavy atom. The first kappa shape index (κ1) is 17.1. The van der Waals surface area contributed by atoms with E-state index >= 15 is 0 Å². The van der Waals surface area contributed by atoms with Gasteiger partial charge < -0.3 is 14.4 Å². The van der Waals surface area contributed by atoms with Crippen molar-refractivity contribution in [2.24, 2.45) is 5.92 Å². The van der Waals surface area contributed by atoms with Gasteiger partial charge in [-0.1, -0.05) is 6.07 Å². The number of piperidine rings is 1. The molecule has 1 atom stereocenters. The summed E-state index contributed by atoms with van der Waals surface area (Å²) in [7, 11) is 4.00. The Hall–Kier alpha value is -2.30. The van der Waals surface area contributed by atoms with Crippen LogP contribution in [-0.2, 0) is 6.54 Å². The molecule has 138 valence electrons. The van der Waals surface area contributed by atoms with Gasteiger partial charge in [0.05, 0.1) is 0 Å². The van der Waals surface area contributed by atoms with Crippen molar-refractivity contribution in [2.75, 3.05) is 32.1 Å². The number of hydrogen-bond donors (Lipinski definition) is 0. The van der Waals surface area contributed by atoms with E-state index in [0.29, 0.717) is 5.92 Å². The summed E-state index contributed by atoms with van der Waals surface area (Å²) < 4.78 is 2.32. The highest BCUT2D eigenvalue weighted by atomic mass is 16.2. The van der Waals surface area contributed by atoms with Crippen molar-refractivity contribution >= 4 is 11.6 Å². The van der Waals surface area contributed by atoms with Gasteiger partial charge in [-0.2, -0.15) is 0 Å². The Kier molecular flexibility index (Phi) is 4.70. The van der Waals surface area contributed by atoms with Crippen LogP contribution in [0.25, 0.3) is 0 Å². The molecular weight excluding hydrogens is 324 g/mol. The summed E-state index contributed by atoms with van der Waals surface area (Å²) in [5.74, 6) is 2.48. The molecule has 0 spiro atoms. The zero-order valence-corrected chi connectivity index (χ0v) is 15.8. The molecule has 1 saturated heterocycles. The largest absolute Gasteiger partial charge is 0.378 e. The molecule has 4 rings (SSSR count). The van der Waals surface area contributed by atoms with Gasteiger partial charge in [0.25, 0.3) is 5.91 Å². The van der Waals surface area contributed by atoms with Crippen molar-refractivity contribution in [3.05, 3.63) is 48.0 Å². The Morgan fingerprint density at radius 1 is 1.27 bits per heavy atom. The molecule has 2 aromatic rings. The van der Waals surface area contributed by atoms with Crippen LogP contribution in [0.15, 0.2) is 36.7 Å². The van der Waals surface area contributed by atoms with E-state index in [1.54, 1.807) is 0 Å². The fourth-order valence-corrected chi connectivity index (χ4v) is 3.89. The molecule has 1 aromatic carbocycles. The standard InChI is InChI=1S/C21H28N4O/c1-23(2)19-7-3-5-17(13-19)21(26)25-11-4-6-18(15-25)20-22-10-12-24(20)14-16-8-9-16/h3,5,7,10,12-13,16,18H,4,6,8-9,11,14-15H2,1-2H3. The molecule has 1 aromatic heterocycles. The second kappa shape index (κ2) is 7.14. The smallest absolute Gasteiger partial charge is 0.253 e. The quantitative estimate of drug-likeness (QED) is 0.828. The summed E-state index contributed by atoms with van der Waals surface area (Å²) >= 11 is 0. The molecule has 5 nitrogen and oxygen atoms in total. The number of imidazole rings is 1. The van der Waals surface area contributed by atoms with E-state index in [0.717, 1.165) is 55.5 Å². The van der Waals surface area contributed by atoms with Gasteiger partial charge in [0.1, 0.15) is 5.82 Å². The minimum Gasteiger partial charge on any atom is -0.378 e. The third-order valence-electron chi connectivity index (χ3n) is 5.58. The van der Waals surface area contributed by atoms with E-state index in [4.69, 9.17) is 0 Å². The summed E-state index contributed by atoms with van der Waals surface area (Å²) in [4.78, 5) is 21.7. The lowest BCUT2D eigenvalue weighted by molar-refractivity contribution is 0.0703. The van der Waals surface area contributed by atoms with Crippen molar-refractivity contribution in [2.45, 2.75) is 38.1 Å². The van der Waals surface area contributed by atoms with E-state index < -0.39 is 0 Å². The Bertz CT molecular complexity index is 778. The average Bonchev–Trinajstić information content (AvgIpc) is 3.36. The number of anilines is 1. The van der Waals surface area contributed by atoms with E-state index in [-0.39, 0.29) is 5.91 Å². The van der Waals surface area contributed by atoms with Crippen LogP contribution in [0, 0.1) is 5.92 Å². The molecule has 26 heavy (non-hydrogen) atoms. The summed E-state index contributed by atoms with van der Waals surface area (Å²) in [6.07, 6.45) is 8.86. The van der Waals surface area contributed by atoms with Gasteiger partial charge in [-0.05, 0) is 49.8 Å². The maximum Gasteiger partial charge on any atom is 0.253 e. The molecule has 2 heterocycles. The molecule has 0 radical (unpaired) electrons. The molecule has 1 aliphatic carbocycles. The van der Waals surface area contributed by atoms with Crippen LogP contribution < -0.4 is 4.90 Å². The van der Waals surface area contributed by atoms with E-state index in [1.807, 2.05) is 54.4 Å². The lowest BCUT2D eigenvalue weighted by Gasteiger charge is -2.33. The van der Waals surface area contributed by atoms with Crippen LogP contribution in [0.2, 0.25) is 0 Å². The van der Waals surface area contributed by atoms with Crippen LogP contribution in [0.1, 0.15) is 47.8 Å². The first-order chi connectivity index (χ1) is 12.6. The number of carbonyl (C=O) groups excluding carboxylic acids is 1. The fraction of sp³-hybridized carbons (Fsp3) is 0.524. The summed E-state index contributed by atoms with van der Waals surface area (Å²) in [5.41, 5.74) is 1.84. The van der Waals surface area contributed by atoms with Crippen LogP contribution in [0.5, 0.6) is 0 Å². The monoisotopic (exact) mass is 352 g/mol. The number of amides is 1. The lowest BCUT2D eigenvalue weighted by atomic mass is 9.96. The molecule has 1 saturated carbocycles. The maximum atomic E-state index is 13.0. The summed E-state index contributed by atoms with van der Waals surface area (Å²) in [6.45, 7) is 2.70. The zero-order chi connectivity index (χ0) is 18.1. The van der Waals surface area contributed by atoms with Gasteiger partial charge in [-0.25, -0.2) is 4.98 Å². The van der Waals surface area contributed by atoms with Crippen molar-refractivity contribution in [3.63, 3.8) is 0 Å². The first-order valence-electron chi connectivity index (χ1n) is 9.69. The third kappa shape index (κ3) is 3.62. The van der Waals surface area contributed by atoms with Gasteiger partial charge in [0, 0.05) is 63.3 Å². The van der Waals surface area contributed by atoms with Crippen molar-refractivity contribution in [3.8, 4) is 0 Å². The second-order valence-corrected chi connectivity index (χ2v) is 7.92. The van der Waals surface area contributed by atoms with Gasteiger partial charge >= 0.3 is 0 Å². The Labute approximate surface area is 155 Å². The fourth-order valence-electron chi connectivity index (χ4n) is 3.89. The minimum atomic E-state index is 0.138. The Morgan fingerprint density at radius 2 is 2.12 bits per heavy atom. The highest BCUT2D eigenvalue weighted by Crippen LogP contribution is 2.33. The molecule has 1 unspecified atom stereocenters. The third-order valence-corrected chi connectivity index (χ3v) is 5.58. The zero-order valence-electron chi connectivity index (χ0n) is 15.8. The topological polar surface area (TPSA) is 41.4 Å². The number of nitrogens with zero attached hydrogens (tertiary/aromatic N) is 4. The van der Waals surface area contributed by atoms with Crippen LogP contribution in [0.4, 0.5) is 5.69 Å². The molecule has 0 bridgehead atoms. The SMILES string of the molecule is CN(C)c1cccc(C(=O)N2CCCC(c3nccn3CC3CC3)C2)c1. The first-order valence-corrected chi connectivity index (χ1v) is 9.69. The average molecular weight is 352 g/mol. The van der Waals surface area contributed by atoms with Gasteiger partial charge in [0.15, 0.2) is 0 Å². The summed E-state index contributed by atoms with van der Waals surface area (Å²) in [5, 5.41) is 0. The molecule has 5 heteroatoms. The minimum absolute atomic E-state index is 0.138. The van der Waals surface area contributed by atoms with Crippen LogP contribution in [0.3, 0.4) is 0 Å². The predicted octanol–water partition coefficient (Wildman–Crippen LogP) is 3.38. The van der Waals surface area contributed by atoms with E-state index in [1.165, 1.54) is 12.8 Å². The molecule has 1 amide bonds. The Balaban J connectivity index is 1.49. The summed E-state index contributed by atoms with van der Waals surface area (Å²) in [6, 6.07) is 7.91. The molecule has 1 aliphatic heterocycles. The number of aromatic nitrogens is 2. The molecule has 0 N–H and O–H groups in total. The predicted molar refractivity (Wildman–Crippen MR) is 104 cm³/mol. The molecular formula is C21H28N4O. The number of carbonyl (C=O) groups is 1. The lowest BCUT2D eigenvalue weighted by Crippen LogP contribution is -2.39. The molecule has 2 aliphatic rings. The van der Waals surface area contributed by atoms with E-state index in [2.05, 4.69) is 15.7 Å². The number of hydrogen-bond acceptors (Lipinski definition) is 3. The van der Waals surface area contributed by atoms with Crippen LogP contribution >= 0.6 is 0 Å². The highest BCUT2D eigenvalue weighted by molar-refractivity contribution is 5.95.